The first-order chi connectivity index (χ1) is 8.84. The number of thiophene rings is 1. The van der Waals surface area contributed by atoms with Crippen LogP contribution < -0.4 is 5.32 Å². The maximum atomic E-state index is 12.4. The highest BCUT2D eigenvalue weighted by Crippen LogP contribution is 2.27. The maximum Gasteiger partial charge on any atom is 0.240 e. The van der Waals surface area contributed by atoms with Crippen molar-refractivity contribution >= 4 is 34.6 Å². The number of carbonyl (C=O) groups is 2. The molecule has 4 nitrogen and oxygen atoms in total. The van der Waals surface area contributed by atoms with Crippen molar-refractivity contribution < 1.29 is 9.59 Å². The molecule has 2 heterocycles. The quantitative estimate of drug-likeness (QED) is 0.871. The van der Waals surface area contributed by atoms with Gasteiger partial charge in [0.15, 0.2) is 5.78 Å². The van der Waals surface area contributed by atoms with Gasteiger partial charge in [-0.05, 0) is 32.9 Å². The van der Waals surface area contributed by atoms with Gasteiger partial charge in [-0.15, -0.1) is 11.3 Å². The summed E-state index contributed by atoms with van der Waals surface area (Å²) in [6, 6.07) is 3.12. The highest BCUT2D eigenvalue weighted by atomic mass is 35.5. The number of rotatable bonds is 3. The van der Waals surface area contributed by atoms with Crippen LogP contribution in [0.4, 0.5) is 0 Å². The summed E-state index contributed by atoms with van der Waals surface area (Å²) >= 11 is 7.14. The molecule has 2 rings (SSSR count). The first-order valence-electron chi connectivity index (χ1n) is 6.18. The molecule has 19 heavy (non-hydrogen) atoms. The Hall–Kier alpha value is -0.910. The number of nitrogens with one attached hydrogen (secondary N) is 1. The molecular weight excluding hydrogens is 284 g/mol. The molecular formula is C13H17ClN2O2S. The number of hydrogen-bond donors (Lipinski definition) is 1. The summed E-state index contributed by atoms with van der Waals surface area (Å²) in [5.74, 6) is -0.0257. The molecule has 1 unspecified atom stereocenters. The number of ketones is 1. The Labute approximate surface area is 121 Å². The zero-order valence-electron chi connectivity index (χ0n) is 11.2. The predicted octanol–water partition coefficient (Wildman–Crippen LogP) is 2.18. The molecule has 1 saturated heterocycles. The van der Waals surface area contributed by atoms with Gasteiger partial charge in [0.1, 0.15) is 0 Å². The van der Waals surface area contributed by atoms with Crippen molar-refractivity contribution in [3.8, 4) is 0 Å². The molecule has 1 aromatic rings. The van der Waals surface area contributed by atoms with E-state index in [9.17, 15) is 9.59 Å². The van der Waals surface area contributed by atoms with E-state index in [-0.39, 0.29) is 17.7 Å². The molecule has 0 bridgehead atoms. The Morgan fingerprint density at radius 2 is 2.21 bits per heavy atom. The minimum atomic E-state index is -0.672. The van der Waals surface area contributed by atoms with Gasteiger partial charge in [0, 0.05) is 13.1 Å². The molecule has 0 saturated carbocycles. The smallest absolute Gasteiger partial charge is 0.240 e. The Morgan fingerprint density at radius 1 is 1.53 bits per heavy atom. The van der Waals surface area contributed by atoms with E-state index in [1.54, 1.807) is 12.1 Å². The van der Waals surface area contributed by atoms with Gasteiger partial charge in [0.2, 0.25) is 5.91 Å². The van der Waals surface area contributed by atoms with Gasteiger partial charge in [0.25, 0.3) is 0 Å². The number of hydrogen-bond acceptors (Lipinski definition) is 4. The fourth-order valence-electron chi connectivity index (χ4n) is 2.39. The molecule has 1 atom stereocenters. The van der Waals surface area contributed by atoms with E-state index >= 15 is 0 Å². The van der Waals surface area contributed by atoms with Gasteiger partial charge in [-0.25, -0.2) is 0 Å². The van der Waals surface area contributed by atoms with Crippen molar-refractivity contribution in [2.45, 2.75) is 32.4 Å². The van der Waals surface area contributed by atoms with Crippen LogP contribution in [-0.2, 0) is 4.79 Å². The molecule has 0 aromatic carbocycles. The normalized spacial score (nSPS) is 20.9. The Morgan fingerprint density at radius 3 is 2.79 bits per heavy atom. The van der Waals surface area contributed by atoms with Gasteiger partial charge in [-0.1, -0.05) is 11.6 Å². The fourth-order valence-corrected chi connectivity index (χ4v) is 3.45. The summed E-state index contributed by atoms with van der Waals surface area (Å²) in [5.41, 5.74) is -0.672. The summed E-state index contributed by atoms with van der Waals surface area (Å²) < 4.78 is 0.603. The lowest BCUT2D eigenvalue weighted by molar-refractivity contribution is -0.135. The van der Waals surface area contributed by atoms with Crippen molar-refractivity contribution in [1.29, 1.82) is 0 Å². The van der Waals surface area contributed by atoms with Gasteiger partial charge in [-0.3, -0.25) is 14.5 Å². The van der Waals surface area contributed by atoms with Crippen molar-refractivity contribution in [3.05, 3.63) is 21.3 Å². The summed E-state index contributed by atoms with van der Waals surface area (Å²) in [4.78, 5) is 26.9. The molecule has 0 aliphatic carbocycles. The van der Waals surface area contributed by atoms with Crippen LogP contribution >= 0.6 is 22.9 Å². The summed E-state index contributed by atoms with van der Waals surface area (Å²) in [6.45, 7) is 6.77. The van der Waals surface area contributed by atoms with Crippen LogP contribution in [0.5, 0.6) is 0 Å². The van der Waals surface area contributed by atoms with Crippen LogP contribution in [0.2, 0.25) is 4.34 Å². The second kappa shape index (κ2) is 5.23. The standard InChI is InChI=1S/C13H17ClN2O2S/c1-8(11(17)9-4-5-10(14)19-9)16-7-6-15-12(18)13(16,2)3/h4-5,8H,6-7H2,1-3H3,(H,15,18). The summed E-state index contributed by atoms with van der Waals surface area (Å²) in [6.07, 6.45) is 0. The molecule has 1 aliphatic heterocycles. The van der Waals surface area contributed by atoms with Gasteiger partial charge < -0.3 is 5.32 Å². The van der Waals surface area contributed by atoms with Gasteiger partial charge >= 0.3 is 0 Å². The van der Waals surface area contributed by atoms with E-state index < -0.39 is 5.54 Å². The van der Waals surface area contributed by atoms with Crippen LogP contribution in [0.3, 0.4) is 0 Å². The number of Topliss-reactive ketones (excluding diaryl/α,β-unsaturated/α-hetero) is 1. The van der Waals surface area contributed by atoms with E-state index in [0.717, 1.165) is 0 Å². The van der Waals surface area contributed by atoms with Crippen molar-refractivity contribution in [2.75, 3.05) is 13.1 Å². The molecule has 0 radical (unpaired) electrons. The number of nitrogens with zero attached hydrogens (tertiary/aromatic N) is 1. The molecule has 1 aliphatic rings. The average Bonchev–Trinajstić information content (AvgIpc) is 2.77. The minimum absolute atomic E-state index is 0.0136. The molecule has 6 heteroatoms. The zero-order valence-corrected chi connectivity index (χ0v) is 12.8. The van der Waals surface area contributed by atoms with E-state index in [4.69, 9.17) is 11.6 Å². The number of carbonyl (C=O) groups excluding carboxylic acids is 2. The van der Waals surface area contributed by atoms with Crippen LogP contribution in [0.15, 0.2) is 12.1 Å². The lowest BCUT2D eigenvalue weighted by Crippen LogP contribution is -2.65. The minimum Gasteiger partial charge on any atom is -0.353 e. The first kappa shape index (κ1) is 14.5. The number of amides is 1. The van der Waals surface area contributed by atoms with E-state index in [1.807, 2.05) is 25.7 Å². The average molecular weight is 301 g/mol. The summed E-state index contributed by atoms with van der Waals surface area (Å²) in [5, 5.41) is 2.83. The van der Waals surface area contributed by atoms with E-state index in [1.165, 1.54) is 11.3 Å². The fraction of sp³-hybridized carbons (Fsp3) is 0.538. The largest absolute Gasteiger partial charge is 0.353 e. The third-order valence-corrected chi connectivity index (χ3v) is 4.82. The lowest BCUT2D eigenvalue weighted by atomic mass is 9.95. The number of halogens is 1. The monoisotopic (exact) mass is 300 g/mol. The van der Waals surface area contributed by atoms with Crippen LogP contribution in [0, 0.1) is 0 Å². The van der Waals surface area contributed by atoms with E-state index in [2.05, 4.69) is 5.32 Å². The van der Waals surface area contributed by atoms with Crippen molar-refractivity contribution in [2.24, 2.45) is 0 Å². The van der Waals surface area contributed by atoms with Crippen LogP contribution in [-0.4, -0.2) is 41.3 Å². The molecule has 1 amide bonds. The molecule has 1 aromatic heterocycles. The predicted molar refractivity (Wildman–Crippen MR) is 76.9 cm³/mol. The first-order valence-corrected chi connectivity index (χ1v) is 7.38. The third-order valence-electron chi connectivity index (χ3n) is 3.57. The lowest BCUT2D eigenvalue weighted by Gasteiger charge is -2.43. The molecule has 0 spiro atoms. The van der Waals surface area contributed by atoms with Crippen molar-refractivity contribution in [1.82, 2.24) is 10.2 Å². The molecule has 1 N–H and O–H groups in total. The van der Waals surface area contributed by atoms with Crippen molar-refractivity contribution in [3.63, 3.8) is 0 Å². The molecule has 1 fully saturated rings. The number of piperazine rings is 1. The third kappa shape index (κ3) is 2.68. The van der Waals surface area contributed by atoms with Crippen LogP contribution in [0.1, 0.15) is 30.4 Å². The Bertz CT molecular complexity index is 512. The Kier molecular flexibility index (Phi) is 3.99. The molecule has 104 valence electrons. The van der Waals surface area contributed by atoms with Gasteiger partial charge in [0.05, 0.1) is 20.8 Å². The van der Waals surface area contributed by atoms with Crippen LogP contribution in [0.25, 0.3) is 0 Å². The zero-order chi connectivity index (χ0) is 14.2. The van der Waals surface area contributed by atoms with E-state index in [0.29, 0.717) is 22.3 Å². The maximum absolute atomic E-state index is 12.4. The second-order valence-corrected chi connectivity index (χ2v) is 6.87. The highest BCUT2D eigenvalue weighted by molar-refractivity contribution is 7.18. The highest BCUT2D eigenvalue weighted by Gasteiger charge is 2.42. The second-order valence-electron chi connectivity index (χ2n) is 5.15. The van der Waals surface area contributed by atoms with Gasteiger partial charge in [-0.2, -0.15) is 0 Å². The Balaban J connectivity index is 2.21. The summed E-state index contributed by atoms with van der Waals surface area (Å²) in [7, 11) is 0. The topological polar surface area (TPSA) is 49.4 Å². The SMILES string of the molecule is CC(C(=O)c1ccc(Cl)s1)N1CCNC(=O)C1(C)C.